The average molecular weight is 396 g/mol. The Morgan fingerprint density at radius 1 is 0.897 bits per heavy atom. The largest absolute Gasteiger partial charge is 0.488 e. The van der Waals surface area contributed by atoms with Crippen molar-refractivity contribution in [3.63, 3.8) is 0 Å². The summed E-state index contributed by atoms with van der Waals surface area (Å²) in [5.74, 6) is 0.551. The van der Waals surface area contributed by atoms with Crippen molar-refractivity contribution in [3.8, 4) is 5.75 Å². The number of unbranched alkanes of at least 4 members (excludes halogenated alkanes) is 1. The smallest absolute Gasteiger partial charge is 0.129 e. The van der Waals surface area contributed by atoms with Gasteiger partial charge in [0.1, 0.15) is 18.2 Å². The van der Waals surface area contributed by atoms with Gasteiger partial charge in [-0.15, -0.1) is 0 Å². The maximum absolute atomic E-state index is 13.9. The zero-order chi connectivity index (χ0) is 20.3. The lowest BCUT2D eigenvalue weighted by Crippen LogP contribution is -2.17. The number of benzene rings is 3. The molecule has 3 rings (SSSR count). The van der Waals surface area contributed by atoms with Gasteiger partial charge >= 0.3 is 0 Å². The van der Waals surface area contributed by atoms with E-state index in [4.69, 9.17) is 9.47 Å². The lowest BCUT2D eigenvalue weighted by molar-refractivity contribution is 0.128. The number of halogens is 1. The van der Waals surface area contributed by atoms with E-state index in [0.29, 0.717) is 12.1 Å². The summed E-state index contributed by atoms with van der Waals surface area (Å²) in [6, 6.07) is 19.0. The Hall–Kier alpha value is -2.43. The molecule has 0 fully saturated rings. The minimum Gasteiger partial charge on any atom is -0.488 e. The first kappa shape index (κ1) is 21.3. The molecule has 3 nitrogen and oxygen atoms in total. The number of hydrogen-bond acceptors (Lipinski definition) is 3. The van der Waals surface area contributed by atoms with Gasteiger partial charge in [-0.05, 0) is 42.3 Å². The van der Waals surface area contributed by atoms with Gasteiger partial charge in [-0.25, -0.2) is 4.39 Å². The van der Waals surface area contributed by atoms with Gasteiger partial charge in [0.25, 0.3) is 0 Å². The Balaban J connectivity index is 1.64. The molecular formula is C25H30FNO2. The molecule has 0 amide bonds. The second-order valence-electron chi connectivity index (χ2n) is 7.14. The number of fused-ring (bicyclic) bond motifs is 1. The van der Waals surface area contributed by atoms with Crippen LogP contribution in [-0.2, 0) is 17.9 Å². The molecule has 0 aliphatic heterocycles. The minimum atomic E-state index is -0.240. The number of hydrogen-bond donors (Lipinski definition) is 1. The third kappa shape index (κ3) is 6.28. The van der Waals surface area contributed by atoms with Crippen LogP contribution in [0.5, 0.6) is 5.75 Å². The Bertz CT molecular complexity index is 897. The molecule has 0 heterocycles. The van der Waals surface area contributed by atoms with Gasteiger partial charge in [-0.2, -0.15) is 0 Å². The Morgan fingerprint density at radius 2 is 1.69 bits per heavy atom. The molecule has 3 aromatic rings. The molecule has 0 aromatic heterocycles. The van der Waals surface area contributed by atoms with E-state index >= 15 is 0 Å². The quantitative estimate of drug-likeness (QED) is 0.390. The number of ether oxygens (including phenoxy) is 2. The fourth-order valence-electron chi connectivity index (χ4n) is 3.27. The summed E-state index contributed by atoms with van der Waals surface area (Å²) in [5, 5.41) is 5.83. The third-order valence-electron chi connectivity index (χ3n) is 4.92. The van der Waals surface area contributed by atoms with E-state index in [1.165, 1.54) is 11.5 Å². The van der Waals surface area contributed by atoms with Gasteiger partial charge in [0.15, 0.2) is 0 Å². The summed E-state index contributed by atoms with van der Waals surface area (Å²) in [5.41, 5.74) is 1.66. The second kappa shape index (κ2) is 11.5. The molecule has 154 valence electrons. The third-order valence-corrected chi connectivity index (χ3v) is 4.92. The van der Waals surface area contributed by atoms with E-state index < -0.39 is 0 Å². The molecule has 0 bridgehead atoms. The molecule has 0 saturated carbocycles. The first-order valence-electron chi connectivity index (χ1n) is 10.4. The van der Waals surface area contributed by atoms with Gasteiger partial charge in [-0.1, -0.05) is 61.9 Å². The highest BCUT2D eigenvalue weighted by Gasteiger charge is 2.10. The summed E-state index contributed by atoms with van der Waals surface area (Å²) in [6.45, 7) is 5.57. The van der Waals surface area contributed by atoms with Crippen LogP contribution < -0.4 is 10.1 Å². The lowest BCUT2D eigenvalue weighted by atomic mass is 10.0. The zero-order valence-electron chi connectivity index (χ0n) is 17.1. The average Bonchev–Trinajstić information content (AvgIpc) is 2.75. The number of nitrogens with one attached hydrogen (secondary N) is 1. The molecule has 0 spiro atoms. The Morgan fingerprint density at radius 3 is 2.55 bits per heavy atom. The molecule has 0 aliphatic rings. The maximum Gasteiger partial charge on any atom is 0.129 e. The molecule has 4 heteroatoms. The van der Waals surface area contributed by atoms with Crippen molar-refractivity contribution in [2.75, 3.05) is 19.8 Å². The SMILES string of the molecule is CCCCOCCCNCc1c(OCc2ccccc2F)ccc2ccccc12. The standard InChI is InChI=1S/C25H30FNO2/c1-2-3-16-28-17-8-15-27-18-23-22-11-6-4-9-20(22)13-14-25(23)29-19-21-10-5-7-12-24(21)26/h4-7,9-14,27H,2-3,8,15-19H2,1H3. The van der Waals surface area contributed by atoms with Gasteiger partial charge in [0.2, 0.25) is 0 Å². The van der Waals surface area contributed by atoms with Crippen molar-refractivity contribution in [1.29, 1.82) is 0 Å². The van der Waals surface area contributed by atoms with E-state index in [1.807, 2.05) is 24.3 Å². The van der Waals surface area contributed by atoms with E-state index in [2.05, 4.69) is 30.4 Å². The second-order valence-corrected chi connectivity index (χ2v) is 7.14. The van der Waals surface area contributed by atoms with E-state index in [1.54, 1.807) is 12.1 Å². The summed E-state index contributed by atoms with van der Waals surface area (Å²) < 4.78 is 25.6. The van der Waals surface area contributed by atoms with Crippen LogP contribution in [-0.4, -0.2) is 19.8 Å². The summed E-state index contributed by atoms with van der Waals surface area (Å²) in [6.07, 6.45) is 3.25. The van der Waals surface area contributed by atoms with Crippen LogP contribution in [0, 0.1) is 5.82 Å². The molecule has 0 unspecified atom stereocenters. The van der Waals surface area contributed by atoms with E-state index in [-0.39, 0.29) is 12.4 Å². The van der Waals surface area contributed by atoms with Gasteiger partial charge < -0.3 is 14.8 Å². The highest BCUT2D eigenvalue weighted by molar-refractivity contribution is 5.87. The predicted octanol–water partition coefficient (Wildman–Crippen LogP) is 5.85. The van der Waals surface area contributed by atoms with E-state index in [9.17, 15) is 4.39 Å². The van der Waals surface area contributed by atoms with Crippen LogP contribution in [0.3, 0.4) is 0 Å². The minimum absolute atomic E-state index is 0.212. The molecule has 0 atom stereocenters. The normalized spacial score (nSPS) is 11.1. The fourth-order valence-corrected chi connectivity index (χ4v) is 3.27. The molecule has 3 aromatic carbocycles. The van der Waals surface area contributed by atoms with Crippen molar-refractivity contribution in [3.05, 3.63) is 77.6 Å². The summed E-state index contributed by atoms with van der Waals surface area (Å²) in [4.78, 5) is 0. The summed E-state index contributed by atoms with van der Waals surface area (Å²) >= 11 is 0. The molecule has 0 radical (unpaired) electrons. The van der Waals surface area contributed by atoms with Gasteiger partial charge in [-0.3, -0.25) is 0 Å². The maximum atomic E-state index is 13.9. The Kier molecular flexibility index (Phi) is 8.47. The van der Waals surface area contributed by atoms with Crippen LogP contribution in [0.25, 0.3) is 10.8 Å². The monoisotopic (exact) mass is 395 g/mol. The summed E-state index contributed by atoms with van der Waals surface area (Å²) in [7, 11) is 0. The van der Waals surface area contributed by atoms with Crippen LogP contribution in [0.4, 0.5) is 4.39 Å². The zero-order valence-corrected chi connectivity index (χ0v) is 17.1. The fraction of sp³-hybridized carbons (Fsp3) is 0.360. The molecule has 0 aliphatic carbocycles. The van der Waals surface area contributed by atoms with Crippen molar-refractivity contribution in [2.45, 2.75) is 39.3 Å². The molecule has 29 heavy (non-hydrogen) atoms. The molecule has 0 saturated heterocycles. The van der Waals surface area contributed by atoms with Crippen LogP contribution in [0.15, 0.2) is 60.7 Å². The van der Waals surface area contributed by atoms with Crippen molar-refractivity contribution in [1.82, 2.24) is 5.32 Å². The predicted molar refractivity (Wildman–Crippen MR) is 117 cm³/mol. The van der Waals surface area contributed by atoms with Crippen molar-refractivity contribution < 1.29 is 13.9 Å². The number of rotatable bonds is 12. The topological polar surface area (TPSA) is 30.5 Å². The highest BCUT2D eigenvalue weighted by Crippen LogP contribution is 2.29. The van der Waals surface area contributed by atoms with Gasteiger partial charge in [0.05, 0.1) is 0 Å². The highest BCUT2D eigenvalue weighted by atomic mass is 19.1. The first-order valence-corrected chi connectivity index (χ1v) is 10.4. The van der Waals surface area contributed by atoms with Crippen LogP contribution >= 0.6 is 0 Å². The lowest BCUT2D eigenvalue weighted by Gasteiger charge is -2.15. The van der Waals surface area contributed by atoms with Crippen LogP contribution in [0.1, 0.15) is 37.3 Å². The van der Waals surface area contributed by atoms with Crippen molar-refractivity contribution in [2.24, 2.45) is 0 Å². The molecule has 1 N–H and O–H groups in total. The Labute approximate surface area is 172 Å². The van der Waals surface area contributed by atoms with Crippen molar-refractivity contribution >= 4 is 10.8 Å². The van der Waals surface area contributed by atoms with Crippen LogP contribution in [0.2, 0.25) is 0 Å². The first-order chi connectivity index (χ1) is 14.3. The van der Waals surface area contributed by atoms with E-state index in [0.717, 1.165) is 55.7 Å². The van der Waals surface area contributed by atoms with Gasteiger partial charge in [0, 0.05) is 30.9 Å². The molecular weight excluding hydrogens is 365 g/mol.